The number of aromatic nitrogens is 1. The second-order valence-electron chi connectivity index (χ2n) is 3.68. The molecule has 0 fully saturated rings. The number of thiophene rings is 1. The van der Waals surface area contributed by atoms with Crippen molar-refractivity contribution in [3.8, 4) is 0 Å². The first kappa shape index (κ1) is 13.5. The molecule has 19 heavy (non-hydrogen) atoms. The van der Waals surface area contributed by atoms with E-state index in [0.717, 1.165) is 23.3 Å². The summed E-state index contributed by atoms with van der Waals surface area (Å²) in [7, 11) is 0. The lowest BCUT2D eigenvalue weighted by Crippen LogP contribution is -2.25. The Hall–Kier alpha value is -1.89. The fourth-order valence-electron chi connectivity index (χ4n) is 1.50. The molecule has 0 spiro atoms. The van der Waals surface area contributed by atoms with Gasteiger partial charge in [0.25, 0.3) is 5.91 Å². The fraction of sp³-hybridized carbons (Fsp3) is 0.167. The molecule has 7 heteroatoms. The Morgan fingerprint density at radius 1 is 1.37 bits per heavy atom. The molecule has 0 aliphatic rings. The van der Waals surface area contributed by atoms with Gasteiger partial charge >= 0.3 is 6.18 Å². The number of hydrogen-bond acceptors (Lipinski definition) is 3. The van der Waals surface area contributed by atoms with Crippen LogP contribution in [0.15, 0.2) is 36.0 Å². The van der Waals surface area contributed by atoms with E-state index < -0.39 is 23.2 Å². The predicted octanol–water partition coefficient (Wildman–Crippen LogP) is 3.09. The number of carbonyl (C=O) groups is 1. The van der Waals surface area contributed by atoms with Crippen molar-refractivity contribution >= 4 is 17.2 Å². The maximum Gasteiger partial charge on any atom is 0.417 e. The van der Waals surface area contributed by atoms with E-state index in [2.05, 4.69) is 10.3 Å². The molecule has 2 rings (SSSR count). The smallest absolute Gasteiger partial charge is 0.347 e. The summed E-state index contributed by atoms with van der Waals surface area (Å²) in [4.78, 5) is 16.2. The van der Waals surface area contributed by atoms with E-state index in [-0.39, 0.29) is 6.54 Å². The molecule has 3 nitrogen and oxygen atoms in total. The summed E-state index contributed by atoms with van der Waals surface area (Å²) in [5, 5.41) is 4.27. The molecule has 1 N–H and O–H groups in total. The van der Waals surface area contributed by atoms with Crippen LogP contribution in [0.2, 0.25) is 0 Å². The van der Waals surface area contributed by atoms with Gasteiger partial charge in [0.1, 0.15) is 0 Å². The van der Waals surface area contributed by atoms with Crippen LogP contribution in [0.1, 0.15) is 20.8 Å². The number of pyridine rings is 1. The maximum atomic E-state index is 12.7. The average Bonchev–Trinajstić information content (AvgIpc) is 2.88. The van der Waals surface area contributed by atoms with Crippen LogP contribution in [0.5, 0.6) is 0 Å². The lowest BCUT2D eigenvalue weighted by Gasteiger charge is -2.11. The highest BCUT2D eigenvalue weighted by Gasteiger charge is 2.35. The molecule has 0 unspecified atom stereocenters. The van der Waals surface area contributed by atoms with Crippen LogP contribution in [0, 0.1) is 0 Å². The number of amides is 1. The van der Waals surface area contributed by atoms with Crippen LogP contribution < -0.4 is 5.32 Å². The van der Waals surface area contributed by atoms with Gasteiger partial charge < -0.3 is 5.32 Å². The maximum absolute atomic E-state index is 12.7. The highest BCUT2D eigenvalue weighted by atomic mass is 32.1. The van der Waals surface area contributed by atoms with Gasteiger partial charge in [0.15, 0.2) is 0 Å². The molecule has 0 aliphatic heterocycles. The summed E-state index contributed by atoms with van der Waals surface area (Å²) in [6.45, 7) is 0.197. The van der Waals surface area contributed by atoms with Crippen molar-refractivity contribution in [2.24, 2.45) is 0 Å². The molecule has 0 radical (unpaired) electrons. The molecule has 2 aromatic rings. The van der Waals surface area contributed by atoms with Crippen molar-refractivity contribution in [1.82, 2.24) is 10.3 Å². The quantitative estimate of drug-likeness (QED) is 0.942. The van der Waals surface area contributed by atoms with Crippen LogP contribution >= 0.6 is 11.3 Å². The molecule has 1 amide bonds. The van der Waals surface area contributed by atoms with Crippen molar-refractivity contribution in [2.45, 2.75) is 12.7 Å². The number of halogens is 3. The van der Waals surface area contributed by atoms with Crippen LogP contribution in [0.3, 0.4) is 0 Å². The minimum absolute atomic E-state index is 0.197. The number of alkyl halides is 3. The third-order valence-electron chi connectivity index (χ3n) is 2.37. The lowest BCUT2D eigenvalue weighted by molar-refractivity contribution is -0.138. The second-order valence-corrected chi connectivity index (χ2v) is 4.71. The summed E-state index contributed by atoms with van der Waals surface area (Å²) in [5.41, 5.74) is -1.45. The number of nitrogens with one attached hydrogen (secondary N) is 1. The van der Waals surface area contributed by atoms with Gasteiger partial charge in [0.2, 0.25) is 0 Å². The minimum atomic E-state index is -4.57. The van der Waals surface area contributed by atoms with E-state index >= 15 is 0 Å². The number of rotatable bonds is 3. The Morgan fingerprint density at radius 2 is 2.16 bits per heavy atom. The molecule has 0 aliphatic carbocycles. The van der Waals surface area contributed by atoms with Gasteiger partial charge in [-0.15, -0.1) is 11.3 Å². The molecule has 0 atom stereocenters. The van der Waals surface area contributed by atoms with Gasteiger partial charge in [-0.3, -0.25) is 9.78 Å². The van der Waals surface area contributed by atoms with Crippen LogP contribution in [0.4, 0.5) is 13.2 Å². The van der Waals surface area contributed by atoms with Gasteiger partial charge in [-0.1, -0.05) is 6.07 Å². The molecular weight excluding hydrogens is 277 g/mol. The Labute approximate surface area is 111 Å². The van der Waals surface area contributed by atoms with Crippen molar-refractivity contribution in [1.29, 1.82) is 0 Å². The summed E-state index contributed by atoms with van der Waals surface area (Å²) >= 11 is 1.42. The first-order chi connectivity index (χ1) is 8.98. The van der Waals surface area contributed by atoms with Gasteiger partial charge in [0, 0.05) is 17.3 Å². The van der Waals surface area contributed by atoms with E-state index in [0.29, 0.717) is 0 Å². The number of nitrogens with zero attached hydrogens (tertiary/aromatic N) is 1. The van der Waals surface area contributed by atoms with Gasteiger partial charge in [-0.2, -0.15) is 13.2 Å². The van der Waals surface area contributed by atoms with E-state index in [1.54, 1.807) is 12.1 Å². The van der Waals surface area contributed by atoms with Crippen molar-refractivity contribution in [2.75, 3.05) is 0 Å². The van der Waals surface area contributed by atoms with Crippen molar-refractivity contribution in [3.63, 3.8) is 0 Å². The largest absolute Gasteiger partial charge is 0.417 e. The molecule has 2 heterocycles. The highest BCUT2D eigenvalue weighted by Crippen LogP contribution is 2.31. The normalized spacial score (nSPS) is 11.3. The Bertz CT molecular complexity index is 567. The summed E-state index contributed by atoms with van der Waals surface area (Å²) in [6.07, 6.45) is -2.63. The van der Waals surface area contributed by atoms with Gasteiger partial charge in [0.05, 0.1) is 17.7 Å². The Morgan fingerprint density at radius 3 is 2.79 bits per heavy atom. The van der Waals surface area contributed by atoms with Crippen LogP contribution in [0.25, 0.3) is 0 Å². The third-order valence-corrected chi connectivity index (χ3v) is 3.25. The molecule has 0 aromatic carbocycles. The Balaban J connectivity index is 2.15. The van der Waals surface area contributed by atoms with E-state index in [1.165, 1.54) is 11.3 Å². The van der Waals surface area contributed by atoms with Crippen LogP contribution in [-0.4, -0.2) is 10.9 Å². The van der Waals surface area contributed by atoms with Crippen molar-refractivity contribution in [3.05, 3.63) is 52.0 Å². The van der Waals surface area contributed by atoms with E-state index in [4.69, 9.17) is 0 Å². The first-order valence-electron chi connectivity index (χ1n) is 5.30. The molecule has 0 saturated carbocycles. The molecular formula is C12H9F3N2OS. The number of hydrogen-bond donors (Lipinski definition) is 1. The summed E-state index contributed by atoms with van der Waals surface area (Å²) < 4.78 is 38.1. The predicted molar refractivity (Wildman–Crippen MR) is 64.7 cm³/mol. The third kappa shape index (κ3) is 3.31. The average molecular weight is 286 g/mol. The monoisotopic (exact) mass is 286 g/mol. The molecule has 2 aromatic heterocycles. The Kier molecular flexibility index (Phi) is 3.84. The summed E-state index contributed by atoms with van der Waals surface area (Å²) in [5.74, 6) is -0.783. The standard InChI is InChI=1S/C12H9F3N2OS/c13-12(14,15)10-3-4-16-7-9(10)11(18)17-6-8-2-1-5-19-8/h1-5,7H,6H2,(H,17,18). The van der Waals surface area contributed by atoms with Gasteiger partial charge in [-0.25, -0.2) is 0 Å². The fourth-order valence-corrected chi connectivity index (χ4v) is 2.14. The SMILES string of the molecule is O=C(NCc1cccs1)c1cnccc1C(F)(F)F. The first-order valence-corrected chi connectivity index (χ1v) is 6.18. The van der Waals surface area contributed by atoms with Gasteiger partial charge in [-0.05, 0) is 17.5 Å². The number of carbonyl (C=O) groups excluding carboxylic acids is 1. The van der Waals surface area contributed by atoms with Crippen LogP contribution in [-0.2, 0) is 12.7 Å². The zero-order valence-electron chi connectivity index (χ0n) is 9.57. The molecule has 100 valence electrons. The molecule has 0 saturated heterocycles. The molecule has 0 bridgehead atoms. The highest BCUT2D eigenvalue weighted by molar-refractivity contribution is 7.09. The topological polar surface area (TPSA) is 42.0 Å². The minimum Gasteiger partial charge on any atom is -0.347 e. The van der Waals surface area contributed by atoms with E-state index in [9.17, 15) is 18.0 Å². The second kappa shape index (κ2) is 5.40. The van der Waals surface area contributed by atoms with Crippen molar-refractivity contribution < 1.29 is 18.0 Å². The zero-order chi connectivity index (χ0) is 13.9. The summed E-state index contributed by atoms with van der Waals surface area (Å²) in [6, 6.07) is 4.39. The zero-order valence-corrected chi connectivity index (χ0v) is 10.4. The lowest BCUT2D eigenvalue weighted by atomic mass is 10.1. The van der Waals surface area contributed by atoms with E-state index in [1.807, 2.05) is 5.38 Å².